The minimum atomic E-state index is -5.08. The Kier molecular flexibility index (Phi) is 31.7. The van der Waals surface area contributed by atoms with Gasteiger partial charge in [-0.1, -0.05) is 44.2 Å². The van der Waals surface area contributed by atoms with E-state index < -0.39 is 72.3 Å². The van der Waals surface area contributed by atoms with Crippen molar-refractivity contribution in [2.24, 2.45) is 55.3 Å². The van der Waals surface area contributed by atoms with Gasteiger partial charge in [0.1, 0.15) is 18.1 Å². The number of carboxylic acid groups (broad SMARTS) is 3. The molecule has 0 aliphatic rings. The number of rotatable bonds is 22. The highest BCUT2D eigenvalue weighted by atomic mass is 19.4. The molecular weight excluding hydrogens is 945 g/mol. The molecule has 1 aromatic rings. The molecule has 3 atom stereocenters. The molecule has 0 heterocycles. The fourth-order valence-electron chi connectivity index (χ4n) is 4.40. The first kappa shape index (κ1) is 65.0. The van der Waals surface area contributed by atoms with E-state index in [0.29, 0.717) is 38.8 Å². The number of nitrogens with two attached hydrogens (primary N) is 6. The van der Waals surface area contributed by atoms with Crippen LogP contribution in [-0.4, -0.2) is 138 Å². The van der Waals surface area contributed by atoms with Gasteiger partial charge in [-0.25, -0.2) is 14.4 Å². The van der Waals surface area contributed by atoms with Crippen molar-refractivity contribution < 1.29 is 88.4 Å². The van der Waals surface area contributed by atoms with Crippen molar-refractivity contribution in [3.05, 3.63) is 35.9 Å². The van der Waals surface area contributed by atoms with Crippen LogP contribution in [0.2, 0.25) is 0 Å². The number of amides is 4. The fourth-order valence-corrected chi connectivity index (χ4v) is 4.40. The molecule has 0 unspecified atom stereocenters. The van der Waals surface area contributed by atoms with Crippen molar-refractivity contribution in [1.82, 2.24) is 21.3 Å². The van der Waals surface area contributed by atoms with E-state index in [9.17, 15) is 58.7 Å². The smallest absolute Gasteiger partial charge is 0.475 e. The van der Waals surface area contributed by atoms with Crippen molar-refractivity contribution in [1.29, 1.82) is 0 Å². The van der Waals surface area contributed by atoms with Crippen LogP contribution >= 0.6 is 0 Å². The lowest BCUT2D eigenvalue weighted by atomic mass is 10.0. The molecule has 0 aliphatic carbocycles. The number of nitrogens with one attached hydrogen (secondary N) is 4. The predicted molar refractivity (Wildman–Crippen MR) is 225 cm³/mol. The van der Waals surface area contributed by atoms with Crippen LogP contribution in [0.1, 0.15) is 57.9 Å². The molecule has 32 heteroatoms. The number of halogens is 9. The van der Waals surface area contributed by atoms with Gasteiger partial charge in [-0.2, -0.15) is 39.5 Å². The summed E-state index contributed by atoms with van der Waals surface area (Å²) in [5.41, 5.74) is 33.1. The molecule has 0 radical (unpaired) electrons. The summed E-state index contributed by atoms with van der Waals surface area (Å²) < 4.78 is 95.2. The number of carbonyl (C=O) groups is 7. The number of unbranched alkanes of at least 4 members (excludes halogenated alkanes) is 1. The molecular formula is C36H56F9N13O10. The summed E-state index contributed by atoms with van der Waals surface area (Å²) in [5, 5.41) is 32.5. The van der Waals surface area contributed by atoms with Crippen molar-refractivity contribution in [2.75, 3.05) is 26.2 Å². The first-order valence-corrected chi connectivity index (χ1v) is 19.4. The van der Waals surface area contributed by atoms with Crippen LogP contribution < -0.4 is 55.7 Å². The van der Waals surface area contributed by atoms with Gasteiger partial charge in [0.15, 0.2) is 17.9 Å². The Labute approximate surface area is 381 Å². The number of aliphatic carboxylic acids is 3. The lowest BCUT2D eigenvalue weighted by Crippen LogP contribution is -2.58. The summed E-state index contributed by atoms with van der Waals surface area (Å²) in [4.78, 5) is 91.5. The predicted octanol–water partition coefficient (Wildman–Crippen LogP) is -0.484. The second kappa shape index (κ2) is 33.2. The van der Waals surface area contributed by atoms with Crippen molar-refractivity contribution in [3.8, 4) is 0 Å². The summed E-state index contributed by atoms with van der Waals surface area (Å²) >= 11 is 0. The minimum Gasteiger partial charge on any atom is -0.475 e. The third-order valence-corrected chi connectivity index (χ3v) is 7.54. The van der Waals surface area contributed by atoms with Gasteiger partial charge in [0, 0.05) is 26.2 Å². The third kappa shape index (κ3) is 36.0. The van der Waals surface area contributed by atoms with Gasteiger partial charge in [0.2, 0.25) is 23.6 Å². The Morgan fingerprint density at radius 2 is 0.912 bits per heavy atom. The number of benzene rings is 1. The highest BCUT2D eigenvalue weighted by Crippen LogP contribution is 2.15. The van der Waals surface area contributed by atoms with Gasteiger partial charge in [0.25, 0.3) is 0 Å². The molecule has 0 spiro atoms. The van der Waals surface area contributed by atoms with Crippen LogP contribution in [0, 0.1) is 5.92 Å². The average Bonchev–Trinajstić information content (AvgIpc) is 3.19. The van der Waals surface area contributed by atoms with Crippen LogP contribution in [0.5, 0.6) is 0 Å². The van der Waals surface area contributed by atoms with Crippen LogP contribution in [0.15, 0.2) is 45.3 Å². The molecule has 0 bridgehead atoms. The fraction of sp³-hybridized carbons (Fsp3) is 0.556. The largest absolute Gasteiger partial charge is 0.490 e. The van der Waals surface area contributed by atoms with E-state index in [1.807, 2.05) is 30.3 Å². The Hall–Kier alpha value is -7.31. The molecule has 1 aromatic carbocycles. The van der Waals surface area contributed by atoms with Gasteiger partial charge in [-0.15, -0.1) is 0 Å². The number of aliphatic imine (C=N–C) groups is 3. The van der Waals surface area contributed by atoms with Gasteiger partial charge in [0.05, 0.1) is 6.42 Å². The topological polar surface area (TPSA) is 422 Å². The Morgan fingerprint density at radius 1 is 0.544 bits per heavy atom. The second-order valence-corrected chi connectivity index (χ2v) is 13.7. The van der Waals surface area contributed by atoms with E-state index in [1.165, 1.54) is 0 Å². The van der Waals surface area contributed by atoms with E-state index in [4.69, 9.17) is 64.1 Å². The summed E-state index contributed by atoms with van der Waals surface area (Å²) in [6, 6.07) is 6.19. The maximum absolute atomic E-state index is 13.5. The normalized spacial score (nSPS) is 12.1. The van der Waals surface area contributed by atoms with Crippen molar-refractivity contribution in [2.45, 2.75) is 95.4 Å². The van der Waals surface area contributed by atoms with E-state index in [1.54, 1.807) is 13.8 Å². The number of hydrogen-bond acceptors (Lipinski definition) is 10. The molecule has 0 saturated carbocycles. The molecule has 0 fully saturated rings. The first-order valence-electron chi connectivity index (χ1n) is 19.4. The summed E-state index contributed by atoms with van der Waals surface area (Å²) in [7, 11) is 0. The highest BCUT2D eigenvalue weighted by molar-refractivity contribution is 5.94. The second-order valence-electron chi connectivity index (χ2n) is 13.7. The van der Waals surface area contributed by atoms with E-state index in [2.05, 4.69) is 36.2 Å². The summed E-state index contributed by atoms with van der Waals surface area (Å²) in [6.07, 6.45) is -12.7. The zero-order chi connectivity index (χ0) is 53.4. The van der Waals surface area contributed by atoms with Gasteiger partial charge in [-0.3, -0.25) is 34.2 Å². The quantitative estimate of drug-likeness (QED) is 0.0302. The number of alkyl halides is 9. The first-order chi connectivity index (χ1) is 31.1. The van der Waals surface area contributed by atoms with E-state index >= 15 is 0 Å². The molecule has 68 heavy (non-hydrogen) atoms. The number of carboxylic acids is 3. The Bertz CT molecular complexity index is 1770. The van der Waals surface area contributed by atoms with Gasteiger partial charge in [-0.05, 0) is 50.0 Å². The van der Waals surface area contributed by atoms with Crippen LogP contribution in [0.4, 0.5) is 39.5 Å². The Morgan fingerprint density at radius 3 is 1.26 bits per heavy atom. The Balaban J connectivity index is -0.00000165. The molecule has 0 aromatic heterocycles. The average molecular weight is 1000 g/mol. The summed E-state index contributed by atoms with van der Waals surface area (Å²) in [6.45, 7) is 4.80. The zero-order valence-corrected chi connectivity index (χ0v) is 36.4. The van der Waals surface area contributed by atoms with Crippen LogP contribution in [0.25, 0.3) is 0 Å². The molecule has 19 N–H and O–H groups in total. The monoisotopic (exact) mass is 1000 g/mol. The van der Waals surface area contributed by atoms with Gasteiger partial charge < -0.3 is 71.0 Å². The van der Waals surface area contributed by atoms with E-state index in [0.717, 1.165) is 5.56 Å². The number of nitrogens with zero attached hydrogens (tertiary/aromatic N) is 3. The molecule has 4 amide bonds. The molecule has 388 valence electrons. The van der Waals surface area contributed by atoms with Gasteiger partial charge >= 0.3 is 36.4 Å². The lowest BCUT2D eigenvalue weighted by molar-refractivity contribution is -0.193. The number of carbonyl (C=O) groups excluding carboxylic acids is 4. The molecule has 0 saturated heterocycles. The van der Waals surface area contributed by atoms with Crippen molar-refractivity contribution >= 4 is 59.4 Å². The maximum atomic E-state index is 13.5. The number of hydrogen-bond donors (Lipinski definition) is 13. The molecule has 23 nitrogen and oxygen atoms in total. The summed E-state index contributed by atoms with van der Waals surface area (Å²) in [5.74, 6) is -10.7. The van der Waals surface area contributed by atoms with E-state index in [-0.39, 0.29) is 62.1 Å². The van der Waals surface area contributed by atoms with Crippen LogP contribution in [0.3, 0.4) is 0 Å². The molecule has 0 aliphatic heterocycles. The standard InChI is InChI=1S/C30H53N13O4.3C2HF3O2/c1-19(2)24(27(47)42-21(12-8-16-39-29(33)34)25(45)37-14-6-7-15-38-28(31)32)43-26(46)22(13-9-17-40-30(35)36)41-23(44)18-20-10-4-3-5-11-20;3*3-2(4,5)1(6)7/h3-5,10-11,19,21-22,24H,6-9,12-18H2,1-2H3,(H,37,45)(H,41,44)(H,42,47)(H,43,46)(H4,31,32,38)(H4,33,34,39)(H4,35,36,40);3*(H,6,7)/t21-,22-,24-;;;/m0.../s1. The third-order valence-electron chi connectivity index (χ3n) is 7.54. The van der Waals surface area contributed by atoms with Crippen LogP contribution in [-0.2, 0) is 40.0 Å². The zero-order valence-electron chi connectivity index (χ0n) is 36.4. The SMILES string of the molecule is CC(C)[C@H](NC(=O)[C@H](CCCN=C(N)N)NC(=O)Cc1ccccc1)C(=O)N[C@@H](CCCN=C(N)N)C(=O)NCCCCN=C(N)N.O=C(O)C(F)(F)F.O=C(O)C(F)(F)F.O=C(O)C(F)(F)F. The van der Waals surface area contributed by atoms with Crippen molar-refractivity contribution in [3.63, 3.8) is 0 Å². The highest BCUT2D eigenvalue weighted by Gasteiger charge is 2.39. The maximum Gasteiger partial charge on any atom is 0.490 e. The number of guanidine groups is 3. The lowest BCUT2D eigenvalue weighted by Gasteiger charge is -2.27. The molecule has 1 rings (SSSR count). The minimum absolute atomic E-state index is 0.00351.